The van der Waals surface area contributed by atoms with Crippen LogP contribution in [0.1, 0.15) is 18.4 Å². The predicted molar refractivity (Wildman–Crippen MR) is 89.4 cm³/mol. The second-order valence-corrected chi connectivity index (χ2v) is 6.32. The Morgan fingerprint density at radius 3 is 2.56 bits per heavy atom. The molecule has 0 saturated carbocycles. The van der Waals surface area contributed by atoms with E-state index in [1.807, 2.05) is 0 Å². The van der Waals surface area contributed by atoms with Crippen LogP contribution in [0.3, 0.4) is 0 Å². The van der Waals surface area contributed by atoms with Crippen molar-refractivity contribution >= 4 is 11.6 Å². The molecule has 1 heterocycles. The molecule has 3 rings (SSSR count). The summed E-state index contributed by atoms with van der Waals surface area (Å²) in [5, 5.41) is 2.65. The number of carbonyl (C=O) groups excluding carboxylic acids is 1. The van der Waals surface area contributed by atoms with Crippen LogP contribution in [-0.2, 0) is 11.3 Å². The molecule has 3 nitrogen and oxygen atoms in total. The minimum Gasteiger partial charge on any atom is -0.326 e. The normalized spacial score (nSPS) is 18.1. The standard InChI is InChI=1S/C19H19F3N2O/c20-15-5-3-13(4-6-15)11-24-9-1-2-14(12-24)19(25)23-16-7-8-17(21)18(22)10-16/h3-8,10,14H,1-2,9,11-12H2,(H,23,25)/t14-/m1/s1. The summed E-state index contributed by atoms with van der Waals surface area (Å²) >= 11 is 0. The Hall–Kier alpha value is -2.34. The fourth-order valence-corrected chi connectivity index (χ4v) is 3.08. The van der Waals surface area contributed by atoms with Gasteiger partial charge in [-0.2, -0.15) is 0 Å². The number of rotatable bonds is 4. The van der Waals surface area contributed by atoms with Gasteiger partial charge in [0.2, 0.25) is 5.91 Å². The van der Waals surface area contributed by atoms with Crippen LogP contribution >= 0.6 is 0 Å². The van der Waals surface area contributed by atoms with E-state index in [1.165, 1.54) is 18.2 Å². The Morgan fingerprint density at radius 1 is 1.08 bits per heavy atom. The highest BCUT2D eigenvalue weighted by Gasteiger charge is 2.26. The molecule has 0 unspecified atom stereocenters. The second-order valence-electron chi connectivity index (χ2n) is 6.32. The van der Waals surface area contributed by atoms with Gasteiger partial charge in [0.15, 0.2) is 11.6 Å². The van der Waals surface area contributed by atoms with E-state index in [2.05, 4.69) is 10.2 Å². The van der Waals surface area contributed by atoms with Gasteiger partial charge in [0, 0.05) is 24.8 Å². The maximum atomic E-state index is 13.2. The van der Waals surface area contributed by atoms with Gasteiger partial charge in [-0.15, -0.1) is 0 Å². The lowest BCUT2D eigenvalue weighted by Gasteiger charge is -2.32. The lowest BCUT2D eigenvalue weighted by Crippen LogP contribution is -2.40. The summed E-state index contributed by atoms with van der Waals surface area (Å²) in [5.74, 6) is -2.62. The molecule has 1 saturated heterocycles. The van der Waals surface area contributed by atoms with E-state index in [4.69, 9.17) is 0 Å². The zero-order valence-corrected chi connectivity index (χ0v) is 13.6. The third-order valence-electron chi connectivity index (χ3n) is 4.38. The molecule has 0 aromatic heterocycles. The van der Waals surface area contributed by atoms with Crippen LogP contribution in [-0.4, -0.2) is 23.9 Å². The van der Waals surface area contributed by atoms with Gasteiger partial charge in [-0.25, -0.2) is 13.2 Å². The first-order valence-electron chi connectivity index (χ1n) is 8.24. The fraction of sp³-hybridized carbons (Fsp3) is 0.316. The van der Waals surface area contributed by atoms with E-state index >= 15 is 0 Å². The molecule has 1 aliphatic rings. The van der Waals surface area contributed by atoms with E-state index in [0.717, 1.165) is 37.1 Å². The average molecular weight is 348 g/mol. The van der Waals surface area contributed by atoms with Crippen molar-refractivity contribution in [1.82, 2.24) is 4.90 Å². The van der Waals surface area contributed by atoms with Crippen LogP contribution in [0.4, 0.5) is 18.9 Å². The third kappa shape index (κ3) is 4.60. The highest BCUT2D eigenvalue weighted by Crippen LogP contribution is 2.21. The molecule has 1 aliphatic heterocycles. The molecule has 1 amide bonds. The van der Waals surface area contributed by atoms with Crippen LogP contribution in [0.15, 0.2) is 42.5 Å². The minimum absolute atomic E-state index is 0.199. The number of likely N-dealkylation sites (tertiary alicyclic amines) is 1. The van der Waals surface area contributed by atoms with E-state index in [9.17, 15) is 18.0 Å². The first-order chi connectivity index (χ1) is 12.0. The van der Waals surface area contributed by atoms with E-state index in [0.29, 0.717) is 13.1 Å². The summed E-state index contributed by atoms with van der Waals surface area (Å²) in [6, 6.07) is 9.63. The molecule has 2 aromatic rings. The summed E-state index contributed by atoms with van der Waals surface area (Å²) in [6.45, 7) is 2.09. The Kier molecular flexibility index (Phi) is 5.38. The van der Waals surface area contributed by atoms with E-state index in [1.54, 1.807) is 12.1 Å². The molecular weight excluding hydrogens is 329 g/mol. The Morgan fingerprint density at radius 2 is 1.84 bits per heavy atom. The summed E-state index contributed by atoms with van der Waals surface area (Å²) < 4.78 is 39.2. The first-order valence-corrected chi connectivity index (χ1v) is 8.24. The Bertz CT molecular complexity index is 749. The van der Waals surface area contributed by atoms with Gasteiger partial charge in [-0.05, 0) is 49.2 Å². The highest BCUT2D eigenvalue weighted by atomic mass is 19.2. The maximum Gasteiger partial charge on any atom is 0.228 e. The molecule has 2 aromatic carbocycles. The predicted octanol–water partition coefficient (Wildman–Crippen LogP) is 3.95. The van der Waals surface area contributed by atoms with E-state index in [-0.39, 0.29) is 23.3 Å². The summed E-state index contributed by atoms with van der Waals surface area (Å²) in [7, 11) is 0. The number of hydrogen-bond acceptors (Lipinski definition) is 2. The van der Waals surface area contributed by atoms with Crippen molar-refractivity contribution in [2.24, 2.45) is 5.92 Å². The number of nitrogens with zero attached hydrogens (tertiary/aromatic N) is 1. The minimum atomic E-state index is -0.987. The largest absolute Gasteiger partial charge is 0.326 e. The zero-order valence-electron chi connectivity index (χ0n) is 13.6. The van der Waals surface area contributed by atoms with Gasteiger partial charge in [0.05, 0.1) is 5.92 Å². The molecule has 0 aliphatic carbocycles. The number of benzene rings is 2. The molecule has 1 fully saturated rings. The van der Waals surface area contributed by atoms with Gasteiger partial charge >= 0.3 is 0 Å². The number of halogens is 3. The van der Waals surface area contributed by atoms with Crippen LogP contribution in [0, 0.1) is 23.4 Å². The van der Waals surface area contributed by atoms with Gasteiger partial charge in [0.1, 0.15) is 5.82 Å². The number of piperidine rings is 1. The van der Waals surface area contributed by atoms with Crippen molar-refractivity contribution < 1.29 is 18.0 Å². The van der Waals surface area contributed by atoms with Crippen molar-refractivity contribution in [3.8, 4) is 0 Å². The van der Waals surface area contributed by atoms with Gasteiger partial charge < -0.3 is 5.32 Å². The Labute approximate surface area is 144 Å². The number of amides is 1. The SMILES string of the molecule is O=C(Nc1ccc(F)c(F)c1)[C@@H]1CCCN(Cc2ccc(F)cc2)C1. The molecule has 0 bridgehead atoms. The second kappa shape index (κ2) is 7.70. The number of hydrogen-bond donors (Lipinski definition) is 1. The average Bonchev–Trinajstić information content (AvgIpc) is 2.60. The lowest BCUT2D eigenvalue weighted by molar-refractivity contribution is -0.121. The summed E-state index contributed by atoms with van der Waals surface area (Å²) in [4.78, 5) is 14.5. The van der Waals surface area contributed by atoms with Gasteiger partial charge in [-0.3, -0.25) is 9.69 Å². The molecule has 25 heavy (non-hydrogen) atoms. The van der Waals surface area contributed by atoms with Crippen molar-refractivity contribution in [2.45, 2.75) is 19.4 Å². The molecule has 132 valence electrons. The quantitative estimate of drug-likeness (QED) is 0.907. The molecule has 6 heteroatoms. The topological polar surface area (TPSA) is 32.3 Å². The molecule has 0 spiro atoms. The maximum absolute atomic E-state index is 13.2. The monoisotopic (exact) mass is 348 g/mol. The van der Waals surface area contributed by atoms with Crippen LogP contribution in [0.25, 0.3) is 0 Å². The third-order valence-corrected chi connectivity index (χ3v) is 4.38. The van der Waals surface area contributed by atoms with Gasteiger partial charge in [-0.1, -0.05) is 12.1 Å². The first kappa shape index (κ1) is 17.5. The number of anilines is 1. The fourth-order valence-electron chi connectivity index (χ4n) is 3.08. The Balaban J connectivity index is 1.59. The van der Waals surface area contributed by atoms with Gasteiger partial charge in [0.25, 0.3) is 0 Å². The highest BCUT2D eigenvalue weighted by molar-refractivity contribution is 5.92. The molecular formula is C19H19F3N2O. The van der Waals surface area contributed by atoms with Crippen molar-refractivity contribution in [3.05, 3.63) is 65.5 Å². The van der Waals surface area contributed by atoms with Crippen LogP contribution in [0.2, 0.25) is 0 Å². The molecule has 1 N–H and O–H groups in total. The van der Waals surface area contributed by atoms with Crippen molar-refractivity contribution in [2.75, 3.05) is 18.4 Å². The van der Waals surface area contributed by atoms with Crippen molar-refractivity contribution in [3.63, 3.8) is 0 Å². The van der Waals surface area contributed by atoms with E-state index < -0.39 is 11.6 Å². The van der Waals surface area contributed by atoms with Crippen molar-refractivity contribution in [1.29, 1.82) is 0 Å². The number of carbonyl (C=O) groups is 1. The smallest absolute Gasteiger partial charge is 0.228 e. The van der Waals surface area contributed by atoms with Crippen LogP contribution in [0.5, 0.6) is 0 Å². The zero-order chi connectivity index (χ0) is 17.8. The summed E-state index contributed by atoms with van der Waals surface area (Å²) in [5.41, 5.74) is 1.24. The lowest BCUT2D eigenvalue weighted by atomic mass is 9.96. The molecule has 0 radical (unpaired) electrons. The molecule has 1 atom stereocenters. The summed E-state index contributed by atoms with van der Waals surface area (Å²) in [6.07, 6.45) is 1.62. The van der Waals surface area contributed by atoms with Crippen LogP contribution < -0.4 is 5.32 Å². The number of nitrogens with one attached hydrogen (secondary N) is 1.